The quantitative estimate of drug-likeness (QED) is 0.176. The van der Waals surface area contributed by atoms with Gasteiger partial charge in [-0.05, 0) is 69.4 Å². The lowest BCUT2D eigenvalue weighted by molar-refractivity contribution is 1.07. The van der Waals surface area contributed by atoms with Crippen molar-refractivity contribution in [2.45, 2.75) is 0 Å². The molecule has 0 bridgehead atoms. The molecule has 0 saturated carbocycles. The van der Waals surface area contributed by atoms with Gasteiger partial charge in [-0.3, -0.25) is 0 Å². The van der Waals surface area contributed by atoms with E-state index in [-0.39, 0.29) is 0 Å². The first-order chi connectivity index (χ1) is 26.2. The first-order valence-electron chi connectivity index (χ1n) is 17.9. The summed E-state index contributed by atoms with van der Waals surface area (Å²) in [6.07, 6.45) is 0. The standard InChI is InChI=1S/C49H32N4/c1-3-13-35(14-4-1)47-50-48(36-15-5-2-6-16-36)52-49(51-47)41-19-11-18-38(31-41)34-24-27-42(28-25-34)53-45-21-10-9-20-43(45)44-29-26-40(32-46(44)53)39-23-22-33-12-7-8-17-37(33)30-39/h1-32H. The highest BCUT2D eigenvalue weighted by atomic mass is 15.0. The summed E-state index contributed by atoms with van der Waals surface area (Å²) in [6.45, 7) is 0. The Hall–Kier alpha value is -7.17. The molecule has 0 saturated heterocycles. The third-order valence-electron chi connectivity index (χ3n) is 10.0. The Labute approximate surface area is 307 Å². The molecular weight excluding hydrogens is 645 g/mol. The average Bonchev–Trinajstić information content (AvgIpc) is 3.58. The molecule has 0 N–H and O–H groups in total. The molecule has 4 nitrogen and oxygen atoms in total. The fourth-order valence-corrected chi connectivity index (χ4v) is 7.38. The molecule has 248 valence electrons. The van der Waals surface area contributed by atoms with E-state index in [0.717, 1.165) is 33.5 Å². The lowest BCUT2D eigenvalue weighted by Gasteiger charge is -2.12. The predicted octanol–water partition coefficient (Wildman–Crippen LogP) is 12.5. The Morgan fingerprint density at radius 1 is 0.283 bits per heavy atom. The number of benzene rings is 8. The maximum Gasteiger partial charge on any atom is 0.164 e. The molecule has 0 amide bonds. The van der Waals surface area contributed by atoms with E-state index < -0.39 is 0 Å². The highest BCUT2D eigenvalue weighted by molar-refractivity contribution is 6.10. The Morgan fingerprint density at radius 3 is 1.53 bits per heavy atom. The molecule has 2 heterocycles. The summed E-state index contributed by atoms with van der Waals surface area (Å²) in [5, 5.41) is 4.98. The van der Waals surface area contributed by atoms with Crippen LogP contribution in [0.25, 0.3) is 94.7 Å². The van der Waals surface area contributed by atoms with Gasteiger partial charge >= 0.3 is 0 Å². The molecule has 10 rings (SSSR count). The summed E-state index contributed by atoms with van der Waals surface area (Å²) in [7, 11) is 0. The van der Waals surface area contributed by atoms with Crippen LogP contribution in [0.2, 0.25) is 0 Å². The Balaban J connectivity index is 1.04. The SMILES string of the molecule is c1ccc(-c2nc(-c3ccccc3)nc(-c3cccc(-c4ccc(-n5c6ccccc6c6ccc(-c7ccc8ccccc8c7)cc65)cc4)c3)n2)cc1. The highest BCUT2D eigenvalue weighted by Gasteiger charge is 2.15. The molecule has 10 aromatic rings. The first-order valence-corrected chi connectivity index (χ1v) is 17.9. The summed E-state index contributed by atoms with van der Waals surface area (Å²) in [4.78, 5) is 14.8. The van der Waals surface area contributed by atoms with E-state index in [1.54, 1.807) is 0 Å². The molecule has 8 aromatic carbocycles. The normalized spacial score (nSPS) is 11.4. The van der Waals surface area contributed by atoms with Gasteiger partial charge in [0.15, 0.2) is 17.5 Å². The van der Waals surface area contributed by atoms with Crippen LogP contribution in [0.4, 0.5) is 0 Å². The van der Waals surface area contributed by atoms with E-state index >= 15 is 0 Å². The molecule has 0 atom stereocenters. The summed E-state index contributed by atoms with van der Waals surface area (Å²) in [5.74, 6) is 1.95. The first kappa shape index (κ1) is 30.6. The van der Waals surface area contributed by atoms with Gasteiger partial charge in [0.05, 0.1) is 11.0 Å². The molecule has 0 spiro atoms. The zero-order chi connectivity index (χ0) is 35.1. The van der Waals surface area contributed by atoms with Gasteiger partial charge in [0, 0.05) is 33.2 Å². The second-order valence-electron chi connectivity index (χ2n) is 13.3. The van der Waals surface area contributed by atoms with Gasteiger partial charge in [-0.15, -0.1) is 0 Å². The molecule has 0 radical (unpaired) electrons. The monoisotopic (exact) mass is 676 g/mol. The third-order valence-corrected chi connectivity index (χ3v) is 10.0. The predicted molar refractivity (Wildman–Crippen MR) is 219 cm³/mol. The number of aromatic nitrogens is 4. The van der Waals surface area contributed by atoms with Crippen molar-refractivity contribution in [3.63, 3.8) is 0 Å². The zero-order valence-corrected chi connectivity index (χ0v) is 28.8. The van der Waals surface area contributed by atoms with Gasteiger partial charge in [0.1, 0.15) is 0 Å². The van der Waals surface area contributed by atoms with E-state index in [1.165, 1.54) is 43.7 Å². The van der Waals surface area contributed by atoms with E-state index in [4.69, 9.17) is 15.0 Å². The summed E-state index contributed by atoms with van der Waals surface area (Å²) in [6, 6.07) is 68.3. The Kier molecular flexibility index (Phi) is 7.43. The van der Waals surface area contributed by atoms with Crippen LogP contribution >= 0.6 is 0 Å². The van der Waals surface area contributed by atoms with Crippen molar-refractivity contribution in [3.8, 4) is 62.1 Å². The topological polar surface area (TPSA) is 43.6 Å². The number of para-hydroxylation sites is 1. The van der Waals surface area contributed by atoms with Crippen LogP contribution < -0.4 is 0 Å². The average molecular weight is 677 g/mol. The second-order valence-corrected chi connectivity index (χ2v) is 13.3. The molecule has 2 aromatic heterocycles. The van der Waals surface area contributed by atoms with E-state index in [9.17, 15) is 0 Å². The van der Waals surface area contributed by atoms with Gasteiger partial charge in [-0.1, -0.05) is 158 Å². The van der Waals surface area contributed by atoms with Crippen LogP contribution in [0.15, 0.2) is 194 Å². The summed E-state index contributed by atoms with van der Waals surface area (Å²) in [5.41, 5.74) is 11.0. The summed E-state index contributed by atoms with van der Waals surface area (Å²) >= 11 is 0. The molecule has 0 fully saturated rings. The number of hydrogen-bond donors (Lipinski definition) is 0. The fourth-order valence-electron chi connectivity index (χ4n) is 7.38. The van der Waals surface area contributed by atoms with Crippen molar-refractivity contribution in [1.29, 1.82) is 0 Å². The number of hydrogen-bond acceptors (Lipinski definition) is 3. The zero-order valence-electron chi connectivity index (χ0n) is 28.8. The van der Waals surface area contributed by atoms with Gasteiger partial charge in [-0.2, -0.15) is 0 Å². The Bertz CT molecular complexity index is 2870. The molecule has 53 heavy (non-hydrogen) atoms. The lowest BCUT2D eigenvalue weighted by atomic mass is 10.00. The van der Waals surface area contributed by atoms with Gasteiger partial charge in [-0.25, -0.2) is 15.0 Å². The molecule has 0 unspecified atom stereocenters. The molecule has 0 aliphatic rings. The van der Waals surface area contributed by atoms with Crippen LogP contribution in [0, 0.1) is 0 Å². The molecule has 0 aliphatic heterocycles. The van der Waals surface area contributed by atoms with Crippen molar-refractivity contribution in [1.82, 2.24) is 19.5 Å². The number of fused-ring (bicyclic) bond motifs is 4. The maximum atomic E-state index is 4.96. The minimum absolute atomic E-state index is 0.642. The maximum absolute atomic E-state index is 4.96. The minimum Gasteiger partial charge on any atom is -0.309 e. The largest absolute Gasteiger partial charge is 0.309 e. The van der Waals surface area contributed by atoms with Crippen LogP contribution in [0.1, 0.15) is 0 Å². The lowest BCUT2D eigenvalue weighted by Crippen LogP contribution is -2.00. The molecule has 4 heteroatoms. The smallest absolute Gasteiger partial charge is 0.164 e. The van der Waals surface area contributed by atoms with Crippen molar-refractivity contribution >= 4 is 32.6 Å². The van der Waals surface area contributed by atoms with Gasteiger partial charge in [0.2, 0.25) is 0 Å². The second kappa shape index (κ2) is 12.9. The molecular formula is C49H32N4. The number of nitrogens with zero attached hydrogens (tertiary/aromatic N) is 4. The van der Waals surface area contributed by atoms with Crippen LogP contribution in [-0.4, -0.2) is 19.5 Å². The van der Waals surface area contributed by atoms with Gasteiger partial charge < -0.3 is 4.57 Å². The van der Waals surface area contributed by atoms with Crippen molar-refractivity contribution in [2.24, 2.45) is 0 Å². The fraction of sp³-hybridized carbons (Fsp3) is 0. The molecule has 0 aliphatic carbocycles. The Morgan fingerprint density at radius 2 is 0.792 bits per heavy atom. The van der Waals surface area contributed by atoms with Crippen molar-refractivity contribution in [3.05, 3.63) is 194 Å². The van der Waals surface area contributed by atoms with Gasteiger partial charge in [0.25, 0.3) is 0 Å². The number of rotatable bonds is 6. The van der Waals surface area contributed by atoms with Crippen molar-refractivity contribution < 1.29 is 0 Å². The highest BCUT2D eigenvalue weighted by Crippen LogP contribution is 2.36. The summed E-state index contributed by atoms with van der Waals surface area (Å²) < 4.78 is 2.39. The van der Waals surface area contributed by atoms with Crippen LogP contribution in [0.3, 0.4) is 0 Å². The van der Waals surface area contributed by atoms with Crippen molar-refractivity contribution in [2.75, 3.05) is 0 Å². The van der Waals surface area contributed by atoms with E-state index in [1.807, 2.05) is 60.7 Å². The van der Waals surface area contributed by atoms with E-state index in [0.29, 0.717) is 17.5 Å². The van der Waals surface area contributed by atoms with Crippen LogP contribution in [0.5, 0.6) is 0 Å². The minimum atomic E-state index is 0.642. The van der Waals surface area contributed by atoms with E-state index in [2.05, 4.69) is 138 Å². The third kappa shape index (κ3) is 5.63. The van der Waals surface area contributed by atoms with Crippen LogP contribution in [-0.2, 0) is 0 Å².